The molecule has 14 heavy (non-hydrogen) atoms. The summed E-state index contributed by atoms with van der Waals surface area (Å²) in [6.45, 7) is 0. The Morgan fingerprint density at radius 2 is 2.29 bits per heavy atom. The van der Waals surface area contributed by atoms with Crippen molar-refractivity contribution in [1.29, 1.82) is 0 Å². The first-order valence-electron chi connectivity index (χ1n) is 4.72. The third-order valence-electron chi connectivity index (χ3n) is 2.39. The molecule has 0 amide bonds. The summed E-state index contributed by atoms with van der Waals surface area (Å²) in [5.41, 5.74) is 0. The van der Waals surface area contributed by atoms with Gasteiger partial charge in [-0.25, -0.2) is 4.98 Å². The van der Waals surface area contributed by atoms with Crippen LogP contribution in [0.4, 0.5) is 0 Å². The summed E-state index contributed by atoms with van der Waals surface area (Å²) < 4.78 is 0.994. The van der Waals surface area contributed by atoms with E-state index < -0.39 is 0 Å². The molecule has 1 aliphatic carbocycles. The highest BCUT2D eigenvalue weighted by molar-refractivity contribution is 9.10. The average molecular weight is 274 g/mol. The van der Waals surface area contributed by atoms with E-state index in [1.165, 1.54) is 0 Å². The van der Waals surface area contributed by atoms with Gasteiger partial charge in [-0.05, 0) is 47.3 Å². The normalized spacial score (nSPS) is 26.7. The lowest BCUT2D eigenvalue weighted by atomic mass is 10.3. The third-order valence-corrected chi connectivity index (χ3v) is 4.19. The minimum absolute atomic E-state index is 0.148. The van der Waals surface area contributed by atoms with E-state index >= 15 is 0 Å². The van der Waals surface area contributed by atoms with Crippen molar-refractivity contribution in [3.05, 3.63) is 22.8 Å². The molecule has 0 bridgehead atoms. The molecule has 1 saturated carbocycles. The van der Waals surface area contributed by atoms with E-state index in [4.69, 9.17) is 0 Å². The Hall–Kier alpha value is -0.0600. The zero-order chi connectivity index (χ0) is 9.97. The van der Waals surface area contributed by atoms with Gasteiger partial charge in [-0.2, -0.15) is 0 Å². The topological polar surface area (TPSA) is 33.1 Å². The molecular formula is C10H12BrNOS. The first kappa shape index (κ1) is 10.5. The van der Waals surface area contributed by atoms with Gasteiger partial charge in [0.1, 0.15) is 0 Å². The molecule has 1 aliphatic rings. The van der Waals surface area contributed by atoms with Crippen molar-refractivity contribution in [1.82, 2.24) is 4.98 Å². The molecule has 0 aliphatic heterocycles. The van der Waals surface area contributed by atoms with Gasteiger partial charge in [0.2, 0.25) is 0 Å². The summed E-state index contributed by atoms with van der Waals surface area (Å²) >= 11 is 5.03. The van der Waals surface area contributed by atoms with Crippen LogP contribution < -0.4 is 0 Å². The summed E-state index contributed by atoms with van der Waals surface area (Å²) in [5.74, 6) is 0. The summed E-state index contributed by atoms with van der Waals surface area (Å²) in [4.78, 5) is 4.28. The molecule has 1 N–H and O–H groups in total. The van der Waals surface area contributed by atoms with Crippen LogP contribution in [-0.4, -0.2) is 21.4 Å². The van der Waals surface area contributed by atoms with Gasteiger partial charge in [-0.1, -0.05) is 0 Å². The zero-order valence-electron chi connectivity index (χ0n) is 7.69. The Labute approximate surface area is 96.3 Å². The Morgan fingerprint density at radius 1 is 1.43 bits per heavy atom. The Bertz CT molecular complexity index is 303. The first-order valence-corrected chi connectivity index (χ1v) is 6.39. The van der Waals surface area contributed by atoms with E-state index in [0.29, 0.717) is 5.25 Å². The van der Waals surface area contributed by atoms with Crippen LogP contribution in [0.25, 0.3) is 0 Å². The number of aromatic nitrogens is 1. The fraction of sp³-hybridized carbons (Fsp3) is 0.500. The number of aliphatic hydroxyl groups excluding tert-OH is 1. The largest absolute Gasteiger partial charge is 0.392 e. The zero-order valence-corrected chi connectivity index (χ0v) is 10.1. The molecule has 2 rings (SSSR count). The number of hydrogen-bond acceptors (Lipinski definition) is 3. The molecule has 2 nitrogen and oxygen atoms in total. The molecule has 0 spiro atoms. The van der Waals surface area contributed by atoms with Crippen LogP contribution in [0.5, 0.6) is 0 Å². The molecule has 2 atom stereocenters. The van der Waals surface area contributed by atoms with Crippen molar-refractivity contribution in [2.24, 2.45) is 0 Å². The minimum atomic E-state index is -0.148. The molecule has 0 saturated heterocycles. The maximum Gasteiger partial charge on any atom is 0.0964 e. The van der Waals surface area contributed by atoms with Crippen molar-refractivity contribution < 1.29 is 5.11 Å². The van der Waals surface area contributed by atoms with Crippen molar-refractivity contribution in [3.63, 3.8) is 0 Å². The molecule has 0 aromatic carbocycles. The van der Waals surface area contributed by atoms with Crippen LogP contribution >= 0.6 is 27.7 Å². The van der Waals surface area contributed by atoms with Gasteiger partial charge in [0, 0.05) is 15.9 Å². The second kappa shape index (κ2) is 4.64. The Morgan fingerprint density at radius 3 is 2.86 bits per heavy atom. The highest BCUT2D eigenvalue weighted by Crippen LogP contribution is 2.34. The number of pyridine rings is 1. The smallest absolute Gasteiger partial charge is 0.0964 e. The van der Waals surface area contributed by atoms with E-state index in [0.717, 1.165) is 28.8 Å². The van der Waals surface area contributed by atoms with Gasteiger partial charge in [0.15, 0.2) is 0 Å². The van der Waals surface area contributed by atoms with Crippen molar-refractivity contribution in [3.8, 4) is 0 Å². The molecule has 76 valence electrons. The highest BCUT2D eigenvalue weighted by atomic mass is 79.9. The summed E-state index contributed by atoms with van der Waals surface area (Å²) in [6.07, 6.45) is 4.82. The molecular weight excluding hydrogens is 262 g/mol. The fourth-order valence-electron chi connectivity index (χ4n) is 1.63. The van der Waals surface area contributed by atoms with Crippen LogP contribution in [0.3, 0.4) is 0 Å². The van der Waals surface area contributed by atoms with Crippen molar-refractivity contribution >= 4 is 27.7 Å². The Balaban J connectivity index is 2.00. The first-order chi connectivity index (χ1) is 6.75. The molecule has 1 aromatic rings. The molecule has 0 radical (unpaired) electrons. The van der Waals surface area contributed by atoms with Gasteiger partial charge < -0.3 is 5.11 Å². The van der Waals surface area contributed by atoms with E-state index in [1.807, 2.05) is 12.1 Å². The van der Waals surface area contributed by atoms with Gasteiger partial charge in [0.25, 0.3) is 0 Å². The maximum atomic E-state index is 9.65. The van der Waals surface area contributed by atoms with Crippen molar-refractivity contribution in [2.45, 2.75) is 35.6 Å². The monoisotopic (exact) mass is 273 g/mol. The van der Waals surface area contributed by atoms with E-state index in [1.54, 1.807) is 18.0 Å². The number of hydrogen-bond donors (Lipinski definition) is 1. The lowest BCUT2D eigenvalue weighted by molar-refractivity contribution is 0.188. The number of nitrogens with zero attached hydrogens (tertiary/aromatic N) is 1. The summed E-state index contributed by atoms with van der Waals surface area (Å²) in [5, 5.41) is 11.0. The lowest BCUT2D eigenvalue weighted by Crippen LogP contribution is -2.14. The summed E-state index contributed by atoms with van der Waals surface area (Å²) in [7, 11) is 0. The van der Waals surface area contributed by atoms with E-state index in [-0.39, 0.29) is 6.10 Å². The van der Waals surface area contributed by atoms with Gasteiger partial charge in [-0.3, -0.25) is 0 Å². The second-order valence-electron chi connectivity index (χ2n) is 3.47. The van der Waals surface area contributed by atoms with Crippen LogP contribution in [-0.2, 0) is 0 Å². The predicted molar refractivity (Wildman–Crippen MR) is 61.4 cm³/mol. The van der Waals surface area contributed by atoms with Gasteiger partial charge in [-0.15, -0.1) is 11.8 Å². The van der Waals surface area contributed by atoms with E-state index in [9.17, 15) is 5.11 Å². The number of thioether (sulfide) groups is 1. The van der Waals surface area contributed by atoms with Crippen molar-refractivity contribution in [2.75, 3.05) is 0 Å². The lowest BCUT2D eigenvalue weighted by Gasteiger charge is -2.12. The maximum absolute atomic E-state index is 9.65. The number of aliphatic hydroxyl groups is 1. The van der Waals surface area contributed by atoms with Gasteiger partial charge in [0.05, 0.1) is 11.1 Å². The van der Waals surface area contributed by atoms with Crippen LogP contribution in [0.15, 0.2) is 27.8 Å². The second-order valence-corrected chi connectivity index (χ2v) is 5.64. The molecule has 1 heterocycles. The molecule has 1 aromatic heterocycles. The van der Waals surface area contributed by atoms with Crippen LogP contribution in [0.1, 0.15) is 19.3 Å². The third kappa shape index (κ3) is 2.49. The Kier molecular flexibility index (Phi) is 3.47. The molecule has 4 heteroatoms. The number of rotatable bonds is 2. The van der Waals surface area contributed by atoms with Crippen LogP contribution in [0.2, 0.25) is 0 Å². The quantitative estimate of drug-likeness (QED) is 0.900. The highest BCUT2D eigenvalue weighted by Gasteiger charge is 2.26. The molecule has 0 unspecified atom stereocenters. The summed E-state index contributed by atoms with van der Waals surface area (Å²) in [6, 6.07) is 3.97. The fourth-order valence-corrected chi connectivity index (χ4v) is 3.01. The van der Waals surface area contributed by atoms with E-state index in [2.05, 4.69) is 20.9 Å². The molecule has 1 fully saturated rings. The SMILES string of the molecule is O[C@@H]1CCC[C@H]1Sc1ccc(Br)cn1. The van der Waals surface area contributed by atoms with Gasteiger partial charge >= 0.3 is 0 Å². The number of halogens is 1. The standard InChI is InChI=1S/C10H12BrNOS/c11-7-4-5-10(12-6-7)14-9-3-1-2-8(9)13/h4-6,8-9,13H,1-3H2/t8-,9-/m1/s1. The van der Waals surface area contributed by atoms with Crippen LogP contribution in [0, 0.1) is 0 Å². The predicted octanol–water partition coefficient (Wildman–Crippen LogP) is 2.85. The minimum Gasteiger partial charge on any atom is -0.392 e. The average Bonchev–Trinajstić information content (AvgIpc) is 2.56.